The van der Waals surface area contributed by atoms with E-state index in [-0.39, 0.29) is 5.54 Å². The van der Waals surface area contributed by atoms with Crippen LogP contribution in [0.3, 0.4) is 0 Å². The highest BCUT2D eigenvalue weighted by atomic mass is 15.0. The first-order valence-corrected chi connectivity index (χ1v) is 6.69. The Balaban J connectivity index is 2.86. The Labute approximate surface area is 107 Å². The molecule has 0 spiro atoms. The van der Waals surface area contributed by atoms with Crippen molar-refractivity contribution in [3.05, 3.63) is 12.2 Å². The third-order valence-corrected chi connectivity index (χ3v) is 3.75. The van der Waals surface area contributed by atoms with E-state index in [9.17, 15) is 0 Å². The SMILES string of the molecule is C=C(C)CNC1(CN)CC(C)(C)CC(C)(C)C1. The van der Waals surface area contributed by atoms with E-state index in [2.05, 4.69) is 46.5 Å². The summed E-state index contributed by atoms with van der Waals surface area (Å²) in [5.74, 6) is 0. The van der Waals surface area contributed by atoms with Gasteiger partial charge in [0.1, 0.15) is 0 Å². The second kappa shape index (κ2) is 4.74. The second-order valence-corrected chi connectivity index (χ2v) is 7.65. The predicted octanol–water partition coefficient (Wildman–Crippen LogP) is 3.09. The standard InChI is InChI=1S/C15H30N2/c1-12(2)7-17-15(11-16)9-13(3,4)8-14(5,6)10-15/h17H,1,7-11,16H2,2-6H3. The average molecular weight is 238 g/mol. The van der Waals surface area contributed by atoms with Gasteiger partial charge in [0, 0.05) is 18.6 Å². The minimum atomic E-state index is 0.0875. The summed E-state index contributed by atoms with van der Waals surface area (Å²) >= 11 is 0. The molecule has 3 N–H and O–H groups in total. The van der Waals surface area contributed by atoms with Crippen LogP contribution in [0.1, 0.15) is 53.9 Å². The maximum Gasteiger partial charge on any atom is 0.0317 e. The molecule has 2 nitrogen and oxygen atoms in total. The molecular formula is C15H30N2. The van der Waals surface area contributed by atoms with Crippen LogP contribution in [0.25, 0.3) is 0 Å². The molecule has 1 aliphatic rings. The topological polar surface area (TPSA) is 38.0 Å². The molecule has 0 heterocycles. The van der Waals surface area contributed by atoms with Gasteiger partial charge in [-0.3, -0.25) is 0 Å². The van der Waals surface area contributed by atoms with Crippen molar-refractivity contribution in [1.82, 2.24) is 5.32 Å². The molecule has 100 valence electrons. The van der Waals surface area contributed by atoms with E-state index in [4.69, 9.17) is 5.73 Å². The number of nitrogens with one attached hydrogen (secondary N) is 1. The summed E-state index contributed by atoms with van der Waals surface area (Å²) in [5, 5.41) is 3.67. The van der Waals surface area contributed by atoms with Crippen LogP contribution in [0.5, 0.6) is 0 Å². The molecule has 1 saturated carbocycles. The number of rotatable bonds is 4. The van der Waals surface area contributed by atoms with Gasteiger partial charge in [0.25, 0.3) is 0 Å². The van der Waals surface area contributed by atoms with Crippen molar-refractivity contribution < 1.29 is 0 Å². The van der Waals surface area contributed by atoms with Crippen LogP contribution in [0.15, 0.2) is 12.2 Å². The fraction of sp³-hybridized carbons (Fsp3) is 0.867. The normalized spacial score (nSPS) is 25.5. The molecule has 1 rings (SSSR count). The van der Waals surface area contributed by atoms with Crippen molar-refractivity contribution in [3.63, 3.8) is 0 Å². The van der Waals surface area contributed by atoms with Crippen LogP contribution in [-0.4, -0.2) is 18.6 Å². The lowest BCUT2D eigenvalue weighted by Crippen LogP contribution is -2.59. The molecule has 17 heavy (non-hydrogen) atoms. The van der Waals surface area contributed by atoms with Gasteiger partial charge in [-0.1, -0.05) is 39.8 Å². The summed E-state index contributed by atoms with van der Waals surface area (Å²) in [6, 6.07) is 0. The Hall–Kier alpha value is -0.340. The van der Waals surface area contributed by atoms with Gasteiger partial charge in [0.05, 0.1) is 0 Å². The first-order valence-electron chi connectivity index (χ1n) is 6.69. The van der Waals surface area contributed by atoms with Gasteiger partial charge >= 0.3 is 0 Å². The summed E-state index contributed by atoms with van der Waals surface area (Å²) in [4.78, 5) is 0. The van der Waals surface area contributed by atoms with Crippen molar-refractivity contribution >= 4 is 0 Å². The van der Waals surface area contributed by atoms with E-state index < -0.39 is 0 Å². The van der Waals surface area contributed by atoms with Gasteiger partial charge in [-0.15, -0.1) is 0 Å². The van der Waals surface area contributed by atoms with Crippen LogP contribution in [-0.2, 0) is 0 Å². The van der Waals surface area contributed by atoms with Crippen LogP contribution < -0.4 is 11.1 Å². The molecule has 1 aliphatic carbocycles. The summed E-state index contributed by atoms with van der Waals surface area (Å²) in [7, 11) is 0. The molecule has 0 aromatic heterocycles. The van der Waals surface area contributed by atoms with Crippen molar-refractivity contribution in [3.8, 4) is 0 Å². The van der Waals surface area contributed by atoms with Gasteiger partial charge < -0.3 is 11.1 Å². The van der Waals surface area contributed by atoms with Gasteiger partial charge in [0.2, 0.25) is 0 Å². The van der Waals surface area contributed by atoms with Crippen LogP contribution in [0.2, 0.25) is 0 Å². The number of hydrogen-bond acceptors (Lipinski definition) is 2. The lowest BCUT2D eigenvalue weighted by molar-refractivity contribution is 0.0340. The lowest BCUT2D eigenvalue weighted by Gasteiger charge is -2.52. The largest absolute Gasteiger partial charge is 0.329 e. The maximum atomic E-state index is 6.07. The molecule has 0 bridgehead atoms. The van der Waals surface area contributed by atoms with Crippen LogP contribution in [0, 0.1) is 10.8 Å². The number of hydrogen-bond donors (Lipinski definition) is 2. The van der Waals surface area contributed by atoms with Gasteiger partial charge in [-0.25, -0.2) is 0 Å². The zero-order valence-corrected chi connectivity index (χ0v) is 12.3. The molecule has 2 heteroatoms. The molecule has 1 fully saturated rings. The van der Waals surface area contributed by atoms with E-state index >= 15 is 0 Å². The average Bonchev–Trinajstić information content (AvgIpc) is 2.10. The van der Waals surface area contributed by atoms with Crippen molar-refractivity contribution in [1.29, 1.82) is 0 Å². The Morgan fingerprint density at radius 1 is 1.12 bits per heavy atom. The molecule has 0 aromatic carbocycles. The molecule has 0 radical (unpaired) electrons. The quantitative estimate of drug-likeness (QED) is 0.739. The molecule has 0 atom stereocenters. The fourth-order valence-corrected chi connectivity index (χ4v) is 3.99. The molecule has 0 aliphatic heterocycles. The Kier molecular flexibility index (Phi) is 4.10. The molecule has 0 unspecified atom stereocenters. The monoisotopic (exact) mass is 238 g/mol. The van der Waals surface area contributed by atoms with E-state index in [1.165, 1.54) is 12.0 Å². The highest BCUT2D eigenvalue weighted by molar-refractivity contribution is 5.05. The summed E-state index contributed by atoms with van der Waals surface area (Å²) in [6.07, 6.45) is 3.59. The summed E-state index contributed by atoms with van der Waals surface area (Å²) in [6.45, 7) is 17.1. The van der Waals surface area contributed by atoms with Gasteiger partial charge in [0.15, 0.2) is 0 Å². The lowest BCUT2D eigenvalue weighted by atomic mass is 9.58. The smallest absolute Gasteiger partial charge is 0.0317 e. The van der Waals surface area contributed by atoms with Crippen LogP contribution in [0.4, 0.5) is 0 Å². The summed E-state index contributed by atoms with van der Waals surface area (Å²) < 4.78 is 0. The predicted molar refractivity (Wildman–Crippen MR) is 76.0 cm³/mol. The molecule has 0 aromatic rings. The zero-order valence-electron chi connectivity index (χ0n) is 12.3. The Morgan fingerprint density at radius 3 is 1.94 bits per heavy atom. The first-order chi connectivity index (χ1) is 7.60. The van der Waals surface area contributed by atoms with E-state index in [1.54, 1.807) is 0 Å². The molecule has 0 amide bonds. The van der Waals surface area contributed by atoms with E-state index in [1.807, 2.05) is 0 Å². The van der Waals surface area contributed by atoms with Gasteiger partial charge in [-0.05, 0) is 37.0 Å². The molecule has 0 saturated heterocycles. The molecular weight excluding hydrogens is 208 g/mol. The minimum Gasteiger partial charge on any atom is -0.329 e. The van der Waals surface area contributed by atoms with Crippen molar-refractivity contribution in [2.45, 2.75) is 59.4 Å². The van der Waals surface area contributed by atoms with Crippen LogP contribution >= 0.6 is 0 Å². The minimum absolute atomic E-state index is 0.0875. The van der Waals surface area contributed by atoms with Gasteiger partial charge in [-0.2, -0.15) is 0 Å². The zero-order chi connectivity index (χ0) is 13.3. The second-order valence-electron chi connectivity index (χ2n) is 7.65. The van der Waals surface area contributed by atoms with E-state index in [0.29, 0.717) is 17.4 Å². The number of nitrogens with two attached hydrogens (primary N) is 1. The van der Waals surface area contributed by atoms with E-state index in [0.717, 1.165) is 19.4 Å². The van der Waals surface area contributed by atoms with Crippen molar-refractivity contribution in [2.75, 3.05) is 13.1 Å². The van der Waals surface area contributed by atoms with Crippen molar-refractivity contribution in [2.24, 2.45) is 16.6 Å². The fourth-order valence-electron chi connectivity index (χ4n) is 3.99. The Morgan fingerprint density at radius 2 is 1.59 bits per heavy atom. The highest BCUT2D eigenvalue weighted by Gasteiger charge is 2.46. The third-order valence-electron chi connectivity index (χ3n) is 3.75. The summed E-state index contributed by atoms with van der Waals surface area (Å²) in [5.41, 5.74) is 8.07. The first kappa shape index (κ1) is 14.7. The highest BCUT2D eigenvalue weighted by Crippen LogP contribution is 2.49. The third kappa shape index (κ3) is 4.11. The Bertz CT molecular complexity index is 273. The maximum absolute atomic E-state index is 6.07.